The fraction of sp³-hybridized carbons (Fsp3) is 0.217. The van der Waals surface area contributed by atoms with Crippen molar-refractivity contribution in [2.45, 2.75) is 25.8 Å². The molecule has 0 bridgehead atoms. The van der Waals surface area contributed by atoms with Crippen molar-refractivity contribution in [1.82, 2.24) is 25.0 Å². The van der Waals surface area contributed by atoms with Crippen molar-refractivity contribution in [2.75, 3.05) is 0 Å². The van der Waals surface area contributed by atoms with Crippen LogP contribution in [0.5, 0.6) is 0 Å². The summed E-state index contributed by atoms with van der Waals surface area (Å²) >= 11 is 8.04. The first-order chi connectivity index (χ1) is 16.1. The summed E-state index contributed by atoms with van der Waals surface area (Å²) in [5.41, 5.74) is 3.08. The summed E-state index contributed by atoms with van der Waals surface area (Å²) in [5.74, 6) is 0.603. The number of aliphatic imine (C=N–C) groups is 1. The predicted molar refractivity (Wildman–Crippen MR) is 123 cm³/mol. The molecule has 0 fully saturated rings. The lowest BCUT2D eigenvalue weighted by Crippen LogP contribution is -2.12. The third kappa shape index (κ3) is 3.07. The van der Waals surface area contributed by atoms with Crippen LogP contribution in [-0.2, 0) is 17.6 Å². The highest BCUT2D eigenvalue weighted by atomic mass is 35.5. The lowest BCUT2D eigenvalue weighted by Gasteiger charge is -2.13. The van der Waals surface area contributed by atoms with Gasteiger partial charge in [-0.15, -0.1) is 26.6 Å². The Balaban J connectivity index is 1.67. The van der Waals surface area contributed by atoms with Crippen LogP contribution in [0.4, 0.5) is 4.39 Å². The van der Waals surface area contributed by atoms with Crippen molar-refractivity contribution in [1.29, 1.82) is 0 Å². The second-order valence-electron chi connectivity index (χ2n) is 8.06. The van der Waals surface area contributed by atoms with Gasteiger partial charge in [0.2, 0.25) is 0 Å². The van der Waals surface area contributed by atoms with Crippen LogP contribution in [-0.4, -0.2) is 37.0 Å². The first-order valence-corrected chi connectivity index (χ1v) is 11.6. The second-order valence-corrected chi connectivity index (χ2v) is 9.56. The number of carbonyl (C=O) groups excluding carboxylic acids is 1. The Hall–Kier alpha value is -3.30. The van der Waals surface area contributed by atoms with E-state index in [-0.39, 0.29) is 16.5 Å². The van der Waals surface area contributed by atoms with Gasteiger partial charge in [-0.1, -0.05) is 17.7 Å². The highest BCUT2D eigenvalue weighted by Crippen LogP contribution is 2.45. The molecule has 2 atom stereocenters. The summed E-state index contributed by atoms with van der Waals surface area (Å²) in [6.45, 7) is 1.89. The van der Waals surface area contributed by atoms with Crippen LogP contribution < -0.4 is 0 Å². The molecule has 0 saturated heterocycles. The van der Waals surface area contributed by atoms with Crippen molar-refractivity contribution < 1.29 is 9.18 Å². The van der Waals surface area contributed by atoms with Crippen molar-refractivity contribution in [3.8, 4) is 16.5 Å². The maximum absolute atomic E-state index is 15.1. The molecule has 1 aromatic carbocycles. The molecule has 4 aromatic rings. The number of benzene rings is 1. The smallest absolute Gasteiger partial charge is 0.189 e. The van der Waals surface area contributed by atoms with E-state index in [1.54, 1.807) is 35.7 Å². The zero-order valence-corrected chi connectivity index (χ0v) is 18.9. The number of carbonyl (C=O) groups is 1. The van der Waals surface area contributed by atoms with Gasteiger partial charge < -0.3 is 4.79 Å². The van der Waals surface area contributed by atoms with Gasteiger partial charge in [-0.25, -0.2) is 4.39 Å². The minimum atomic E-state index is -0.448. The van der Waals surface area contributed by atoms with E-state index in [4.69, 9.17) is 16.6 Å². The Morgan fingerprint density at radius 3 is 2.79 bits per heavy atom. The van der Waals surface area contributed by atoms with E-state index in [1.807, 2.05) is 17.6 Å². The minimum absolute atomic E-state index is 0.102. The van der Waals surface area contributed by atoms with Crippen molar-refractivity contribution >= 4 is 34.9 Å². The predicted octanol–water partition coefficient (Wildman–Crippen LogP) is 4.40. The van der Waals surface area contributed by atoms with E-state index in [9.17, 15) is 4.79 Å². The van der Waals surface area contributed by atoms with Crippen LogP contribution in [0.3, 0.4) is 0 Å². The minimum Gasteiger partial charge on any atom is -0.303 e. The van der Waals surface area contributed by atoms with Crippen LogP contribution in [0.2, 0.25) is 5.02 Å². The molecule has 6 rings (SSSR count). The molecule has 1 unspecified atom stereocenters. The molecule has 1 aliphatic carbocycles. The van der Waals surface area contributed by atoms with Gasteiger partial charge in [0.25, 0.3) is 0 Å². The topological polar surface area (TPSA) is 85.9 Å². The third-order valence-electron chi connectivity index (χ3n) is 6.00. The molecular weight excluding hydrogens is 463 g/mol. The highest BCUT2D eigenvalue weighted by molar-refractivity contribution is 7.15. The zero-order valence-electron chi connectivity index (χ0n) is 17.4. The van der Waals surface area contributed by atoms with Crippen molar-refractivity contribution in [3.63, 3.8) is 0 Å². The van der Waals surface area contributed by atoms with Gasteiger partial charge in [-0.3, -0.25) is 9.56 Å². The lowest BCUT2D eigenvalue weighted by molar-refractivity contribution is -0.110. The van der Waals surface area contributed by atoms with E-state index in [0.717, 1.165) is 27.3 Å². The second kappa shape index (κ2) is 7.64. The van der Waals surface area contributed by atoms with E-state index in [0.29, 0.717) is 35.9 Å². The summed E-state index contributed by atoms with van der Waals surface area (Å²) in [4.78, 5) is 17.6. The molecular formula is C23H16ClFN6OS. The van der Waals surface area contributed by atoms with Gasteiger partial charge in [-0.2, -0.15) is 5.10 Å². The number of aldehydes is 1. The monoisotopic (exact) mass is 478 g/mol. The molecule has 1 aliphatic heterocycles. The Morgan fingerprint density at radius 2 is 2.03 bits per heavy atom. The number of aromatic nitrogens is 5. The van der Waals surface area contributed by atoms with E-state index in [1.165, 1.54) is 6.07 Å². The fourth-order valence-corrected chi connectivity index (χ4v) is 6.22. The summed E-state index contributed by atoms with van der Waals surface area (Å²) in [6.07, 6.45) is 3.79. The van der Waals surface area contributed by atoms with Crippen LogP contribution >= 0.6 is 22.9 Å². The molecule has 4 heterocycles. The third-order valence-corrected chi connectivity index (χ3v) is 7.56. The molecule has 2 aliphatic rings. The first-order valence-electron chi connectivity index (χ1n) is 10.4. The Bertz CT molecular complexity index is 1430. The number of nitrogens with zero attached hydrogens (tertiary/aromatic N) is 6. The number of thiophene rings is 1. The molecule has 0 radical (unpaired) electrons. The van der Waals surface area contributed by atoms with E-state index in [2.05, 4.69) is 20.4 Å². The normalized spacial score (nSPS) is 18.8. The maximum Gasteiger partial charge on any atom is 0.189 e. The Labute approximate surface area is 197 Å². The average Bonchev–Trinajstić information content (AvgIpc) is 3.49. The average molecular weight is 479 g/mol. The SMILES string of the molecule is C[C@@H]1N=C(c2c(F)cccc2Cl)c2c(sc3c2CC(C=O)C3)-n2c(-c3cccnn3)nnc21. The summed E-state index contributed by atoms with van der Waals surface area (Å²) in [5, 5.41) is 18.1. The largest absolute Gasteiger partial charge is 0.303 e. The Morgan fingerprint density at radius 1 is 1.15 bits per heavy atom. The molecule has 0 spiro atoms. The summed E-state index contributed by atoms with van der Waals surface area (Å²) in [7, 11) is 0. The quantitative estimate of drug-likeness (QED) is 0.407. The van der Waals surface area contributed by atoms with E-state index < -0.39 is 11.9 Å². The molecule has 33 heavy (non-hydrogen) atoms. The molecule has 0 N–H and O–H groups in total. The standard InChI is InChI=1S/C23H16ClFN6OS/c1-11-21-29-30-22(16-6-3-7-26-28-16)31(21)23-18(13-8-12(10-32)9-17(13)33-23)20(27-11)19-14(24)4-2-5-15(19)25/h2-7,10-12H,8-9H2,1H3/t11-,12?/m0/s1. The Kier molecular flexibility index (Phi) is 4.70. The van der Waals surface area contributed by atoms with E-state index >= 15 is 4.39 Å². The van der Waals surface area contributed by atoms with Gasteiger partial charge in [0.15, 0.2) is 11.6 Å². The summed E-state index contributed by atoms with van der Waals surface area (Å²) in [6, 6.07) is 7.79. The molecule has 3 aromatic heterocycles. The van der Waals surface area contributed by atoms with Crippen molar-refractivity contribution in [3.05, 3.63) is 74.8 Å². The van der Waals surface area contributed by atoms with Gasteiger partial charge in [0.1, 0.15) is 28.8 Å². The number of fused-ring (bicyclic) bond motifs is 5. The van der Waals surface area contributed by atoms with Crippen LogP contribution in [0.1, 0.15) is 40.4 Å². The molecule has 10 heteroatoms. The van der Waals surface area contributed by atoms with Gasteiger partial charge in [0.05, 0.1) is 16.3 Å². The zero-order chi connectivity index (χ0) is 22.7. The van der Waals surface area contributed by atoms with Crippen molar-refractivity contribution in [2.24, 2.45) is 10.9 Å². The van der Waals surface area contributed by atoms with Crippen LogP contribution in [0.15, 0.2) is 41.5 Å². The fourth-order valence-electron chi connectivity index (χ4n) is 4.53. The summed E-state index contributed by atoms with van der Waals surface area (Å²) < 4.78 is 17.1. The maximum atomic E-state index is 15.1. The first kappa shape index (κ1) is 20.3. The van der Waals surface area contributed by atoms with Gasteiger partial charge in [-0.05, 0) is 49.6 Å². The van der Waals surface area contributed by atoms with Crippen LogP contribution in [0.25, 0.3) is 16.5 Å². The van der Waals surface area contributed by atoms with Gasteiger partial charge >= 0.3 is 0 Å². The number of hydrogen-bond donors (Lipinski definition) is 0. The van der Waals surface area contributed by atoms with Gasteiger partial charge in [0, 0.05) is 22.6 Å². The molecule has 164 valence electrons. The number of hydrogen-bond acceptors (Lipinski definition) is 7. The lowest BCUT2D eigenvalue weighted by atomic mass is 9.97. The molecule has 7 nitrogen and oxygen atoms in total. The number of rotatable bonds is 3. The number of halogens is 2. The van der Waals surface area contributed by atoms with Crippen LogP contribution in [0, 0.1) is 11.7 Å². The molecule has 0 amide bonds. The molecule has 0 saturated carbocycles. The highest BCUT2D eigenvalue weighted by Gasteiger charge is 2.37.